The smallest absolute Gasteiger partial charge is 0.0438 e. The molecule has 2 rings (SSSR count). The van der Waals surface area contributed by atoms with E-state index in [-0.39, 0.29) is 0 Å². The molecule has 3 heteroatoms. The van der Waals surface area contributed by atoms with Gasteiger partial charge in [0.05, 0.1) is 0 Å². The Morgan fingerprint density at radius 3 is 2.62 bits per heavy atom. The van der Waals surface area contributed by atoms with Crippen LogP contribution in [0.1, 0.15) is 43.7 Å². The lowest BCUT2D eigenvalue weighted by molar-refractivity contribution is 0.418. The van der Waals surface area contributed by atoms with Gasteiger partial charge in [-0.2, -0.15) is 0 Å². The fourth-order valence-corrected chi connectivity index (χ4v) is 4.00. The third-order valence-corrected chi connectivity index (χ3v) is 5.12. The van der Waals surface area contributed by atoms with Crippen LogP contribution in [0.5, 0.6) is 0 Å². The van der Waals surface area contributed by atoms with E-state index < -0.39 is 0 Å². The zero-order valence-electron chi connectivity index (χ0n) is 13.2. The molecule has 0 radical (unpaired) electrons. The number of hydrogen-bond donors (Lipinski definition) is 1. The molecule has 114 valence electrons. The first kappa shape index (κ1) is 16.5. The predicted octanol–water partition coefficient (Wildman–Crippen LogP) is 6.07. The van der Waals surface area contributed by atoms with Gasteiger partial charge in [-0.1, -0.05) is 38.4 Å². The molecule has 0 saturated carbocycles. The molecule has 0 saturated heterocycles. The number of halogens is 1. The summed E-state index contributed by atoms with van der Waals surface area (Å²) in [5, 5.41) is 4.46. The molecule has 0 aliphatic rings. The van der Waals surface area contributed by atoms with Gasteiger partial charge in [-0.05, 0) is 61.2 Å². The van der Waals surface area contributed by atoms with Crippen molar-refractivity contribution in [1.82, 2.24) is 5.32 Å². The average molecular weight is 322 g/mol. The van der Waals surface area contributed by atoms with Crippen LogP contribution in [0.3, 0.4) is 0 Å². The minimum absolute atomic E-state index is 0.434. The summed E-state index contributed by atoms with van der Waals surface area (Å²) in [5.41, 5.74) is 2.52. The monoisotopic (exact) mass is 321 g/mol. The lowest BCUT2D eigenvalue weighted by Gasteiger charge is -2.21. The van der Waals surface area contributed by atoms with E-state index in [0.29, 0.717) is 12.0 Å². The van der Waals surface area contributed by atoms with Crippen LogP contribution in [0.4, 0.5) is 0 Å². The van der Waals surface area contributed by atoms with Gasteiger partial charge in [-0.3, -0.25) is 0 Å². The molecular formula is C18H24ClNS. The van der Waals surface area contributed by atoms with E-state index in [1.54, 1.807) is 0 Å². The van der Waals surface area contributed by atoms with Crippen molar-refractivity contribution in [1.29, 1.82) is 0 Å². The molecule has 0 spiro atoms. The van der Waals surface area contributed by atoms with E-state index in [2.05, 4.69) is 57.3 Å². The molecule has 1 aromatic heterocycles. The molecule has 0 amide bonds. The normalized spacial score (nSPS) is 12.9. The number of thiophene rings is 1. The van der Waals surface area contributed by atoms with Crippen LogP contribution >= 0.6 is 22.9 Å². The predicted molar refractivity (Wildman–Crippen MR) is 95.4 cm³/mol. The quantitative estimate of drug-likeness (QED) is 0.680. The first-order valence-electron chi connectivity index (χ1n) is 7.62. The van der Waals surface area contributed by atoms with Crippen LogP contribution in [0.2, 0.25) is 5.02 Å². The molecule has 1 atom stereocenters. The number of nitrogens with one attached hydrogen (secondary N) is 1. The summed E-state index contributed by atoms with van der Waals surface area (Å²) >= 11 is 8.02. The van der Waals surface area contributed by atoms with Crippen molar-refractivity contribution in [3.05, 3.63) is 45.8 Å². The molecule has 0 fully saturated rings. The Hall–Kier alpha value is -0.830. The average Bonchev–Trinajstić information content (AvgIpc) is 2.91. The highest BCUT2D eigenvalue weighted by atomic mass is 35.5. The summed E-state index contributed by atoms with van der Waals surface area (Å²) in [6.07, 6.45) is 1.16. The molecular weight excluding hydrogens is 298 g/mol. The minimum atomic E-state index is 0.434. The highest BCUT2D eigenvalue weighted by molar-refractivity contribution is 7.15. The van der Waals surface area contributed by atoms with Crippen molar-refractivity contribution in [3.63, 3.8) is 0 Å². The second kappa shape index (κ2) is 7.44. The second-order valence-electron chi connectivity index (χ2n) is 5.84. The Kier molecular flexibility index (Phi) is 5.86. The highest BCUT2D eigenvalue weighted by Crippen LogP contribution is 2.36. The first-order valence-corrected chi connectivity index (χ1v) is 8.82. The van der Waals surface area contributed by atoms with Crippen molar-refractivity contribution < 1.29 is 0 Å². The zero-order valence-corrected chi connectivity index (χ0v) is 14.8. The second-order valence-corrected chi connectivity index (χ2v) is 7.39. The molecule has 1 unspecified atom stereocenters. The van der Waals surface area contributed by atoms with Crippen LogP contribution in [-0.2, 0) is 0 Å². The summed E-state index contributed by atoms with van der Waals surface area (Å²) in [6.45, 7) is 9.96. The maximum absolute atomic E-state index is 6.15. The Balaban J connectivity index is 2.29. The van der Waals surface area contributed by atoms with Crippen LogP contribution in [0.15, 0.2) is 30.3 Å². The van der Waals surface area contributed by atoms with Crippen molar-refractivity contribution in [2.45, 2.75) is 40.2 Å². The lowest BCUT2D eigenvalue weighted by Crippen LogP contribution is -2.25. The molecule has 2 aromatic rings. The largest absolute Gasteiger partial charge is 0.309 e. The summed E-state index contributed by atoms with van der Waals surface area (Å²) in [7, 11) is 0. The number of rotatable bonds is 6. The molecule has 1 N–H and O–H groups in total. The standard InChI is InChI=1S/C18H24ClNS/c1-5-10-20-18(12(2)3)17-9-8-16(21-17)15-11-14(19)7-6-13(15)4/h6-9,11-12,18,20H,5,10H2,1-4H3. The van der Waals surface area contributed by atoms with E-state index >= 15 is 0 Å². The minimum Gasteiger partial charge on any atom is -0.309 e. The number of benzene rings is 1. The molecule has 1 heterocycles. The summed E-state index contributed by atoms with van der Waals surface area (Å²) in [4.78, 5) is 2.71. The van der Waals surface area contributed by atoms with Crippen molar-refractivity contribution >= 4 is 22.9 Å². The van der Waals surface area contributed by atoms with Crippen LogP contribution < -0.4 is 5.32 Å². The topological polar surface area (TPSA) is 12.0 Å². The molecule has 1 nitrogen and oxygen atoms in total. The molecule has 21 heavy (non-hydrogen) atoms. The number of hydrogen-bond acceptors (Lipinski definition) is 2. The van der Waals surface area contributed by atoms with Gasteiger partial charge in [0.25, 0.3) is 0 Å². The van der Waals surface area contributed by atoms with Crippen molar-refractivity contribution in [3.8, 4) is 10.4 Å². The van der Waals surface area contributed by atoms with E-state index in [9.17, 15) is 0 Å². The van der Waals surface area contributed by atoms with Gasteiger partial charge in [0, 0.05) is 20.8 Å². The highest BCUT2D eigenvalue weighted by Gasteiger charge is 2.17. The maximum Gasteiger partial charge on any atom is 0.0438 e. The zero-order chi connectivity index (χ0) is 15.4. The van der Waals surface area contributed by atoms with Crippen molar-refractivity contribution in [2.24, 2.45) is 5.92 Å². The van der Waals surface area contributed by atoms with Gasteiger partial charge >= 0.3 is 0 Å². The van der Waals surface area contributed by atoms with E-state index in [1.807, 2.05) is 17.4 Å². The third-order valence-electron chi connectivity index (χ3n) is 3.68. The van der Waals surface area contributed by atoms with Gasteiger partial charge in [0.1, 0.15) is 0 Å². The molecule has 1 aromatic carbocycles. The molecule has 0 aliphatic carbocycles. The summed E-state index contributed by atoms with van der Waals surface area (Å²) in [5.74, 6) is 0.587. The third kappa shape index (κ3) is 4.09. The van der Waals surface area contributed by atoms with E-state index in [0.717, 1.165) is 18.0 Å². The van der Waals surface area contributed by atoms with Gasteiger partial charge in [-0.25, -0.2) is 0 Å². The van der Waals surface area contributed by atoms with Gasteiger partial charge in [-0.15, -0.1) is 11.3 Å². The maximum atomic E-state index is 6.15. The number of aryl methyl sites for hydroxylation is 1. The summed E-state index contributed by atoms with van der Waals surface area (Å²) < 4.78 is 0. The molecule has 0 bridgehead atoms. The van der Waals surface area contributed by atoms with Gasteiger partial charge in [0.15, 0.2) is 0 Å². The van der Waals surface area contributed by atoms with Gasteiger partial charge < -0.3 is 5.32 Å². The van der Waals surface area contributed by atoms with Crippen LogP contribution in [0, 0.1) is 12.8 Å². The SMILES string of the molecule is CCCNC(c1ccc(-c2cc(Cl)ccc2C)s1)C(C)C. The first-order chi connectivity index (χ1) is 10.0. The Morgan fingerprint density at radius 1 is 1.19 bits per heavy atom. The Labute approximate surface area is 137 Å². The molecule has 0 aliphatic heterocycles. The van der Waals surface area contributed by atoms with Crippen LogP contribution in [0.25, 0.3) is 10.4 Å². The fourth-order valence-electron chi connectivity index (χ4n) is 2.49. The van der Waals surface area contributed by atoms with Crippen LogP contribution in [-0.4, -0.2) is 6.54 Å². The Morgan fingerprint density at radius 2 is 1.95 bits per heavy atom. The van der Waals surface area contributed by atoms with Crippen molar-refractivity contribution in [2.75, 3.05) is 6.54 Å². The lowest BCUT2D eigenvalue weighted by atomic mass is 10.0. The van der Waals surface area contributed by atoms with Gasteiger partial charge in [0.2, 0.25) is 0 Å². The Bertz CT molecular complexity index is 589. The van der Waals surface area contributed by atoms with E-state index in [1.165, 1.54) is 20.9 Å². The van der Waals surface area contributed by atoms with E-state index in [4.69, 9.17) is 11.6 Å². The summed E-state index contributed by atoms with van der Waals surface area (Å²) in [6, 6.07) is 11.0. The fraction of sp³-hybridized carbons (Fsp3) is 0.444.